The number of carbonyl (C=O) groups is 2. The molecule has 2 heterocycles. The summed E-state index contributed by atoms with van der Waals surface area (Å²) in [4.78, 5) is 37.3. The van der Waals surface area contributed by atoms with Gasteiger partial charge in [-0.15, -0.1) is 0 Å². The molecule has 2 amide bonds. The highest BCUT2D eigenvalue weighted by Crippen LogP contribution is 2.27. The van der Waals surface area contributed by atoms with Gasteiger partial charge in [0.2, 0.25) is 0 Å². The molecular weight excluding hydrogens is 348 g/mol. The van der Waals surface area contributed by atoms with Gasteiger partial charge in [0.1, 0.15) is 5.82 Å². The second kappa shape index (κ2) is 8.71. The van der Waals surface area contributed by atoms with Crippen LogP contribution in [-0.4, -0.2) is 93.1 Å². The van der Waals surface area contributed by atoms with Gasteiger partial charge in [0.25, 0.3) is 0 Å². The molecule has 1 aliphatic heterocycles. The first-order valence-electron chi connectivity index (χ1n) is 9.76. The van der Waals surface area contributed by atoms with E-state index >= 15 is 0 Å². The van der Waals surface area contributed by atoms with Gasteiger partial charge in [0, 0.05) is 44.1 Å². The molecule has 27 heavy (non-hydrogen) atoms. The molecule has 0 radical (unpaired) electrons. The number of carboxylic acids is 1. The van der Waals surface area contributed by atoms with E-state index in [2.05, 4.69) is 27.1 Å². The number of aromatic amines is 1. The molecule has 9 heteroatoms. The molecule has 1 saturated heterocycles. The van der Waals surface area contributed by atoms with Crippen LogP contribution >= 0.6 is 0 Å². The molecule has 3 N–H and O–H groups in total. The van der Waals surface area contributed by atoms with Gasteiger partial charge in [-0.3, -0.25) is 14.6 Å². The van der Waals surface area contributed by atoms with Crippen molar-refractivity contribution in [2.24, 2.45) is 0 Å². The highest BCUT2D eigenvalue weighted by molar-refractivity contribution is 5.75. The van der Waals surface area contributed by atoms with Gasteiger partial charge in [-0.2, -0.15) is 0 Å². The Morgan fingerprint density at radius 1 is 1.37 bits per heavy atom. The molecule has 1 unspecified atom stereocenters. The first-order chi connectivity index (χ1) is 13.0. The fraction of sp³-hybridized carbons (Fsp3) is 0.722. The van der Waals surface area contributed by atoms with Crippen LogP contribution in [0, 0.1) is 0 Å². The topological polar surface area (TPSA) is 105 Å². The van der Waals surface area contributed by atoms with Gasteiger partial charge in [-0.1, -0.05) is 13.8 Å². The number of likely N-dealkylation sites (N-methyl/N-ethyl adjacent to an activating group) is 2. The van der Waals surface area contributed by atoms with E-state index in [0.29, 0.717) is 19.6 Å². The molecule has 1 aromatic heterocycles. The summed E-state index contributed by atoms with van der Waals surface area (Å²) in [5, 5.41) is 12.1. The molecule has 2 aliphatic rings. The number of urea groups is 1. The van der Waals surface area contributed by atoms with Crippen LogP contribution in [-0.2, 0) is 4.79 Å². The number of nitrogens with one attached hydrogen (secondary N) is 2. The quantitative estimate of drug-likeness (QED) is 0.646. The summed E-state index contributed by atoms with van der Waals surface area (Å²) in [5.41, 5.74) is 0. The normalized spacial score (nSPS) is 26.0. The van der Waals surface area contributed by atoms with Crippen LogP contribution in [0.4, 0.5) is 4.79 Å². The van der Waals surface area contributed by atoms with Crippen molar-refractivity contribution in [3.05, 3.63) is 18.2 Å². The minimum Gasteiger partial charge on any atom is -0.480 e. The highest BCUT2D eigenvalue weighted by atomic mass is 16.4. The zero-order valence-corrected chi connectivity index (χ0v) is 16.1. The number of nitrogens with zero attached hydrogens (tertiary/aromatic N) is 4. The molecule has 0 aromatic carbocycles. The molecular formula is C18H30N6O3. The first-order valence-corrected chi connectivity index (χ1v) is 9.76. The van der Waals surface area contributed by atoms with Crippen LogP contribution in [0.25, 0.3) is 0 Å². The van der Waals surface area contributed by atoms with Crippen molar-refractivity contribution in [2.75, 3.05) is 39.3 Å². The summed E-state index contributed by atoms with van der Waals surface area (Å²) in [6.45, 7) is 7.92. The molecule has 1 saturated carbocycles. The Morgan fingerprint density at radius 2 is 2.15 bits per heavy atom. The van der Waals surface area contributed by atoms with Crippen LogP contribution in [0.2, 0.25) is 0 Å². The van der Waals surface area contributed by atoms with E-state index in [4.69, 9.17) is 5.11 Å². The molecule has 150 valence electrons. The van der Waals surface area contributed by atoms with Crippen molar-refractivity contribution >= 4 is 12.0 Å². The largest absolute Gasteiger partial charge is 0.480 e. The Morgan fingerprint density at radius 3 is 2.74 bits per heavy atom. The van der Waals surface area contributed by atoms with Crippen molar-refractivity contribution in [3.8, 4) is 0 Å². The summed E-state index contributed by atoms with van der Waals surface area (Å²) in [5.74, 6) is 0.0902. The van der Waals surface area contributed by atoms with Gasteiger partial charge >= 0.3 is 12.0 Å². The van der Waals surface area contributed by atoms with Crippen LogP contribution in [0.15, 0.2) is 12.4 Å². The average molecular weight is 378 g/mol. The number of hydrogen-bond acceptors (Lipinski definition) is 5. The summed E-state index contributed by atoms with van der Waals surface area (Å²) < 4.78 is 0. The van der Waals surface area contributed by atoms with Crippen molar-refractivity contribution in [2.45, 2.75) is 44.8 Å². The van der Waals surface area contributed by atoms with Gasteiger partial charge in [-0.05, 0) is 25.9 Å². The van der Waals surface area contributed by atoms with E-state index in [9.17, 15) is 9.59 Å². The van der Waals surface area contributed by atoms with Gasteiger partial charge in [0.15, 0.2) is 0 Å². The smallest absolute Gasteiger partial charge is 0.317 e. The predicted octanol–water partition coefficient (Wildman–Crippen LogP) is 0.735. The lowest BCUT2D eigenvalue weighted by Crippen LogP contribution is -2.59. The average Bonchev–Trinajstić information content (AvgIpc) is 3.16. The summed E-state index contributed by atoms with van der Waals surface area (Å²) in [7, 11) is 0. The number of aromatic nitrogens is 2. The number of imidazole rings is 1. The lowest BCUT2D eigenvalue weighted by atomic mass is 9.85. The number of carboxylic acid groups (broad SMARTS) is 1. The van der Waals surface area contributed by atoms with E-state index in [1.807, 2.05) is 22.9 Å². The molecule has 1 aromatic rings. The van der Waals surface area contributed by atoms with Crippen LogP contribution in [0.3, 0.4) is 0 Å². The summed E-state index contributed by atoms with van der Waals surface area (Å²) >= 11 is 0. The third kappa shape index (κ3) is 4.59. The second-order valence-corrected chi connectivity index (χ2v) is 7.29. The van der Waals surface area contributed by atoms with Gasteiger partial charge in [-0.25, -0.2) is 9.78 Å². The van der Waals surface area contributed by atoms with E-state index in [-0.39, 0.29) is 30.7 Å². The standard InChI is InChI=1S/C18H30N6O3/c1-3-22-7-8-24(11-15(22)17-19-5-6-20-17)18(27)21-13-9-14(10-13)23(4-2)12-16(25)26/h5-6,13-15H,3-4,7-12H2,1-2H3,(H,19,20)(H,21,27)(H,25,26). The number of amides is 2. The fourth-order valence-corrected chi connectivity index (χ4v) is 4.05. The third-order valence-corrected chi connectivity index (χ3v) is 5.72. The predicted molar refractivity (Wildman–Crippen MR) is 100 cm³/mol. The van der Waals surface area contributed by atoms with E-state index in [0.717, 1.165) is 31.8 Å². The second-order valence-electron chi connectivity index (χ2n) is 7.29. The molecule has 1 atom stereocenters. The van der Waals surface area contributed by atoms with Crippen molar-refractivity contribution in [1.82, 2.24) is 30.0 Å². The maximum atomic E-state index is 12.7. The Kier molecular flexibility index (Phi) is 6.33. The van der Waals surface area contributed by atoms with Gasteiger partial charge < -0.3 is 20.3 Å². The number of rotatable bonds is 7. The van der Waals surface area contributed by atoms with E-state index < -0.39 is 5.97 Å². The molecule has 9 nitrogen and oxygen atoms in total. The number of carbonyl (C=O) groups excluding carboxylic acids is 1. The van der Waals surface area contributed by atoms with Crippen molar-refractivity contribution in [3.63, 3.8) is 0 Å². The molecule has 0 bridgehead atoms. The summed E-state index contributed by atoms with van der Waals surface area (Å²) in [6, 6.07) is 0.414. The number of H-pyrrole nitrogens is 1. The number of hydrogen-bond donors (Lipinski definition) is 3. The van der Waals surface area contributed by atoms with Crippen LogP contribution in [0.1, 0.15) is 38.6 Å². The number of aliphatic carboxylic acids is 1. The van der Waals surface area contributed by atoms with E-state index in [1.165, 1.54) is 0 Å². The van der Waals surface area contributed by atoms with Gasteiger partial charge in [0.05, 0.1) is 12.6 Å². The monoisotopic (exact) mass is 378 g/mol. The maximum absolute atomic E-state index is 12.7. The molecule has 2 fully saturated rings. The lowest BCUT2D eigenvalue weighted by Gasteiger charge is -2.44. The first kappa shape index (κ1) is 19.6. The summed E-state index contributed by atoms with van der Waals surface area (Å²) in [6.07, 6.45) is 5.17. The number of piperazine rings is 1. The van der Waals surface area contributed by atoms with Crippen molar-refractivity contribution in [1.29, 1.82) is 0 Å². The van der Waals surface area contributed by atoms with Crippen molar-refractivity contribution < 1.29 is 14.7 Å². The van der Waals surface area contributed by atoms with Crippen LogP contribution in [0.5, 0.6) is 0 Å². The molecule has 3 rings (SSSR count). The molecule has 0 spiro atoms. The Hall–Kier alpha value is -2.13. The fourth-order valence-electron chi connectivity index (χ4n) is 4.05. The Balaban J connectivity index is 1.50. The minimum absolute atomic E-state index is 0.0351. The lowest BCUT2D eigenvalue weighted by molar-refractivity contribution is -0.139. The Labute approximate surface area is 159 Å². The third-order valence-electron chi connectivity index (χ3n) is 5.72. The van der Waals surface area contributed by atoms with Crippen LogP contribution < -0.4 is 5.32 Å². The zero-order valence-electron chi connectivity index (χ0n) is 16.1. The minimum atomic E-state index is -0.804. The maximum Gasteiger partial charge on any atom is 0.317 e. The SMILES string of the molecule is CCN(CC(=O)O)C1CC(NC(=O)N2CCN(CC)C(c3ncc[nH]3)C2)C1. The Bertz CT molecular complexity index is 631. The highest BCUT2D eigenvalue weighted by Gasteiger charge is 2.37. The van der Waals surface area contributed by atoms with E-state index in [1.54, 1.807) is 6.20 Å². The molecule has 1 aliphatic carbocycles. The zero-order chi connectivity index (χ0) is 19.4.